The number of nitrogens with zero attached hydrogens (tertiary/aromatic N) is 1. The Morgan fingerprint density at radius 1 is 1.19 bits per heavy atom. The Kier molecular flexibility index (Phi) is 5.64. The first-order valence-electron chi connectivity index (χ1n) is 9.10. The van der Waals surface area contributed by atoms with E-state index in [1.807, 2.05) is 4.90 Å². The van der Waals surface area contributed by atoms with Crippen LogP contribution in [-0.2, 0) is 14.3 Å². The summed E-state index contributed by atoms with van der Waals surface area (Å²) >= 11 is 11.8. The van der Waals surface area contributed by atoms with E-state index in [9.17, 15) is 9.59 Å². The maximum atomic E-state index is 12.6. The number of hydrogen-bond acceptors (Lipinski definition) is 4. The van der Waals surface area contributed by atoms with Gasteiger partial charge in [0.1, 0.15) is 5.75 Å². The zero-order chi connectivity index (χ0) is 19.8. The SMILES string of the molecule is CC1(C)CC2CC(C)(CN2C(=O)COC(=O)COc2ccc(Cl)cc2Cl)C1. The second-order valence-electron chi connectivity index (χ2n) is 8.76. The highest BCUT2D eigenvalue weighted by Crippen LogP contribution is 2.52. The van der Waals surface area contributed by atoms with Crippen molar-refractivity contribution in [3.8, 4) is 5.75 Å². The summed E-state index contributed by atoms with van der Waals surface area (Å²) in [6, 6.07) is 4.95. The molecule has 0 aromatic heterocycles. The van der Waals surface area contributed by atoms with Crippen LogP contribution in [0.15, 0.2) is 18.2 Å². The maximum Gasteiger partial charge on any atom is 0.344 e. The van der Waals surface area contributed by atoms with Gasteiger partial charge < -0.3 is 14.4 Å². The molecular formula is C20H25Cl2NO4. The summed E-state index contributed by atoms with van der Waals surface area (Å²) in [4.78, 5) is 26.4. The highest BCUT2D eigenvalue weighted by atomic mass is 35.5. The lowest BCUT2D eigenvalue weighted by Gasteiger charge is -2.39. The van der Waals surface area contributed by atoms with E-state index < -0.39 is 5.97 Å². The van der Waals surface area contributed by atoms with Crippen molar-refractivity contribution in [3.63, 3.8) is 0 Å². The minimum Gasteiger partial charge on any atom is -0.480 e. The van der Waals surface area contributed by atoms with Crippen molar-refractivity contribution in [1.82, 2.24) is 4.90 Å². The summed E-state index contributed by atoms with van der Waals surface area (Å²) < 4.78 is 10.4. The summed E-state index contributed by atoms with van der Waals surface area (Å²) in [7, 11) is 0. The predicted octanol–water partition coefficient (Wildman–Crippen LogP) is 4.34. The first-order valence-corrected chi connectivity index (χ1v) is 9.86. The molecule has 1 saturated carbocycles. The van der Waals surface area contributed by atoms with E-state index in [4.69, 9.17) is 32.7 Å². The van der Waals surface area contributed by atoms with Crippen LogP contribution >= 0.6 is 23.2 Å². The number of esters is 1. The van der Waals surface area contributed by atoms with E-state index in [0.29, 0.717) is 15.8 Å². The molecule has 2 bridgehead atoms. The lowest BCUT2D eigenvalue weighted by atomic mass is 9.65. The van der Waals surface area contributed by atoms with Crippen LogP contribution in [0.3, 0.4) is 0 Å². The smallest absolute Gasteiger partial charge is 0.344 e. The Labute approximate surface area is 169 Å². The molecule has 5 nitrogen and oxygen atoms in total. The van der Waals surface area contributed by atoms with Crippen LogP contribution in [0.1, 0.15) is 40.0 Å². The van der Waals surface area contributed by atoms with Gasteiger partial charge in [-0.1, -0.05) is 44.0 Å². The number of halogens is 2. The molecule has 1 aliphatic heterocycles. The molecule has 3 rings (SSSR count). The van der Waals surface area contributed by atoms with Gasteiger partial charge in [-0.2, -0.15) is 0 Å². The molecule has 2 aliphatic rings. The number of benzene rings is 1. The van der Waals surface area contributed by atoms with Crippen LogP contribution in [0, 0.1) is 10.8 Å². The highest BCUT2D eigenvalue weighted by Gasteiger charge is 2.50. The van der Waals surface area contributed by atoms with Gasteiger partial charge in [-0.05, 0) is 48.3 Å². The molecule has 2 unspecified atom stereocenters. The van der Waals surface area contributed by atoms with E-state index in [1.54, 1.807) is 12.1 Å². The van der Waals surface area contributed by atoms with Gasteiger partial charge in [0.2, 0.25) is 0 Å². The molecule has 1 heterocycles. The second kappa shape index (κ2) is 7.51. The van der Waals surface area contributed by atoms with E-state index in [2.05, 4.69) is 20.8 Å². The van der Waals surface area contributed by atoms with Crippen LogP contribution < -0.4 is 4.74 Å². The Morgan fingerprint density at radius 2 is 1.93 bits per heavy atom. The Bertz CT molecular complexity index is 751. The molecule has 0 radical (unpaired) electrons. The Hall–Kier alpha value is -1.46. The van der Waals surface area contributed by atoms with Gasteiger partial charge in [-0.25, -0.2) is 4.79 Å². The topological polar surface area (TPSA) is 55.8 Å². The average molecular weight is 414 g/mol. The highest BCUT2D eigenvalue weighted by molar-refractivity contribution is 6.35. The van der Waals surface area contributed by atoms with E-state index in [-0.39, 0.29) is 36.0 Å². The van der Waals surface area contributed by atoms with E-state index >= 15 is 0 Å². The first kappa shape index (κ1) is 20.3. The molecule has 1 aliphatic carbocycles. The van der Waals surface area contributed by atoms with E-state index in [1.165, 1.54) is 6.07 Å². The molecular weight excluding hydrogens is 389 g/mol. The molecule has 7 heteroatoms. The minimum absolute atomic E-state index is 0.140. The largest absolute Gasteiger partial charge is 0.480 e. The van der Waals surface area contributed by atoms with Crippen LogP contribution in [0.25, 0.3) is 0 Å². The lowest BCUT2D eigenvalue weighted by molar-refractivity contribution is -0.154. The number of amides is 1. The fourth-order valence-electron chi connectivity index (χ4n) is 4.75. The number of carbonyl (C=O) groups is 2. The Morgan fingerprint density at radius 3 is 2.63 bits per heavy atom. The van der Waals surface area contributed by atoms with Crippen molar-refractivity contribution < 1.29 is 19.1 Å². The van der Waals surface area contributed by atoms with Gasteiger partial charge in [0.25, 0.3) is 5.91 Å². The molecule has 2 atom stereocenters. The maximum absolute atomic E-state index is 12.6. The van der Waals surface area contributed by atoms with Crippen LogP contribution in [-0.4, -0.2) is 42.6 Å². The molecule has 148 valence electrons. The zero-order valence-electron chi connectivity index (χ0n) is 15.9. The number of fused-ring (bicyclic) bond motifs is 2. The standard InChI is InChI=1S/C20H25Cl2NO4/c1-19(2)7-14-8-20(3,11-19)12-23(14)17(24)9-27-18(25)10-26-16-5-4-13(21)6-15(16)22/h4-6,14H,7-12H2,1-3H3. The van der Waals surface area contributed by atoms with Crippen molar-refractivity contribution in [1.29, 1.82) is 0 Å². The van der Waals surface area contributed by atoms with Crippen LogP contribution in [0.2, 0.25) is 10.0 Å². The quantitative estimate of drug-likeness (QED) is 0.673. The van der Waals surface area contributed by atoms with Gasteiger partial charge in [0.05, 0.1) is 5.02 Å². The van der Waals surface area contributed by atoms with Crippen molar-refractivity contribution in [2.45, 2.75) is 46.1 Å². The van der Waals surface area contributed by atoms with Gasteiger partial charge in [-0.3, -0.25) is 4.79 Å². The number of likely N-dealkylation sites (tertiary alicyclic amines) is 1. The summed E-state index contributed by atoms with van der Waals surface area (Å²) in [6.07, 6.45) is 3.12. The number of carbonyl (C=O) groups excluding carboxylic acids is 2. The van der Waals surface area contributed by atoms with Crippen molar-refractivity contribution in [3.05, 3.63) is 28.2 Å². The third-order valence-corrected chi connectivity index (χ3v) is 5.86. The Balaban J connectivity index is 1.48. The van der Waals surface area contributed by atoms with Gasteiger partial charge in [-0.15, -0.1) is 0 Å². The van der Waals surface area contributed by atoms with Gasteiger partial charge >= 0.3 is 5.97 Å². The third-order valence-electron chi connectivity index (χ3n) is 5.33. The lowest BCUT2D eigenvalue weighted by Crippen LogP contribution is -2.40. The molecule has 1 amide bonds. The number of hydrogen-bond donors (Lipinski definition) is 0. The van der Waals surface area contributed by atoms with Gasteiger partial charge in [0, 0.05) is 17.6 Å². The summed E-state index contributed by atoms with van der Waals surface area (Å²) in [6.45, 7) is 6.90. The fraction of sp³-hybridized carbons (Fsp3) is 0.600. The molecule has 0 N–H and O–H groups in total. The summed E-state index contributed by atoms with van der Waals surface area (Å²) in [5.41, 5.74) is 0.385. The normalized spacial score (nSPS) is 26.0. The first-order chi connectivity index (χ1) is 12.6. The van der Waals surface area contributed by atoms with E-state index in [0.717, 1.165) is 25.8 Å². The molecule has 1 saturated heterocycles. The number of rotatable bonds is 5. The predicted molar refractivity (Wildman–Crippen MR) is 104 cm³/mol. The monoisotopic (exact) mass is 413 g/mol. The van der Waals surface area contributed by atoms with Crippen molar-refractivity contribution in [2.75, 3.05) is 19.8 Å². The fourth-order valence-corrected chi connectivity index (χ4v) is 5.21. The average Bonchev–Trinajstić information content (AvgIpc) is 2.80. The molecule has 1 aromatic carbocycles. The van der Waals surface area contributed by atoms with Gasteiger partial charge in [0.15, 0.2) is 13.2 Å². The molecule has 27 heavy (non-hydrogen) atoms. The summed E-state index contributed by atoms with van der Waals surface area (Å²) in [5.74, 6) is -0.407. The number of ether oxygens (including phenoxy) is 2. The van der Waals surface area contributed by atoms with Crippen molar-refractivity contribution >= 4 is 35.1 Å². The molecule has 2 fully saturated rings. The summed E-state index contributed by atoms with van der Waals surface area (Å²) in [5, 5.41) is 0.791. The molecule has 1 aromatic rings. The minimum atomic E-state index is -0.608. The van der Waals surface area contributed by atoms with Crippen LogP contribution in [0.5, 0.6) is 5.75 Å². The zero-order valence-corrected chi connectivity index (χ0v) is 17.4. The third kappa shape index (κ3) is 4.88. The second-order valence-corrected chi connectivity index (χ2v) is 9.60. The van der Waals surface area contributed by atoms with Crippen LogP contribution in [0.4, 0.5) is 0 Å². The van der Waals surface area contributed by atoms with Crippen molar-refractivity contribution in [2.24, 2.45) is 10.8 Å². The molecule has 0 spiro atoms.